The molecule has 1 unspecified atom stereocenters. The third-order valence-corrected chi connectivity index (χ3v) is 10.0. The van der Waals surface area contributed by atoms with E-state index in [4.69, 9.17) is 4.74 Å². The Morgan fingerprint density at radius 1 is 1.16 bits per heavy atom. The highest BCUT2D eigenvalue weighted by Crippen LogP contribution is 2.65. The van der Waals surface area contributed by atoms with E-state index in [1.165, 1.54) is 0 Å². The van der Waals surface area contributed by atoms with Gasteiger partial charge in [0.1, 0.15) is 30.1 Å². The number of likely N-dealkylation sites (tertiary alicyclic amines) is 1. The second-order valence-electron chi connectivity index (χ2n) is 13.0. The minimum absolute atomic E-state index is 0.0337. The number of fused-ring (bicyclic) bond motifs is 2. The number of aliphatic hydroxyl groups excluding tert-OH is 1. The lowest BCUT2D eigenvalue weighted by Gasteiger charge is -2.34. The second-order valence-corrected chi connectivity index (χ2v) is 13.0. The fourth-order valence-electron chi connectivity index (χ4n) is 7.24. The summed E-state index contributed by atoms with van der Waals surface area (Å²) in [7, 11) is 1.56. The van der Waals surface area contributed by atoms with Crippen molar-refractivity contribution < 1.29 is 33.8 Å². The van der Waals surface area contributed by atoms with Crippen molar-refractivity contribution in [2.45, 2.75) is 57.7 Å². The maximum Gasteiger partial charge on any atom is 0.268 e. The number of Topliss-reactive ketones (excluding diaryl/α,β-unsaturated/α-hetero) is 1. The van der Waals surface area contributed by atoms with Gasteiger partial charge in [0.2, 0.25) is 17.7 Å². The number of piperidine rings is 1. The number of ketones is 1. The minimum atomic E-state index is -1.04. The molecule has 3 heterocycles. The average molecular weight is 594 g/mol. The van der Waals surface area contributed by atoms with Gasteiger partial charge in [-0.15, -0.1) is 0 Å². The number of ether oxygens (including phenoxy) is 1. The van der Waals surface area contributed by atoms with Crippen LogP contribution < -0.4 is 20.7 Å². The van der Waals surface area contributed by atoms with E-state index in [1.54, 1.807) is 24.1 Å². The summed E-state index contributed by atoms with van der Waals surface area (Å²) in [4.78, 5) is 70.8. The third-order valence-electron chi connectivity index (χ3n) is 10.0. The molecule has 2 aliphatic carbocycles. The van der Waals surface area contributed by atoms with E-state index < -0.39 is 48.2 Å². The Hall–Kier alpha value is -3.93. The molecule has 0 spiro atoms. The van der Waals surface area contributed by atoms with Crippen LogP contribution in [0, 0.1) is 29.1 Å². The highest BCUT2D eigenvalue weighted by atomic mass is 16.5. The lowest BCUT2D eigenvalue weighted by atomic mass is 9.94. The molecule has 12 nitrogen and oxygen atoms in total. The van der Waals surface area contributed by atoms with Crippen molar-refractivity contribution in [3.05, 3.63) is 30.0 Å². The first-order valence-corrected chi connectivity index (χ1v) is 15.0. The van der Waals surface area contributed by atoms with E-state index in [2.05, 4.69) is 34.8 Å². The summed E-state index contributed by atoms with van der Waals surface area (Å²) >= 11 is 0. The molecule has 4 fully saturated rings. The number of aromatic amines is 1. The van der Waals surface area contributed by atoms with Crippen molar-refractivity contribution in [3.63, 3.8) is 0 Å². The van der Waals surface area contributed by atoms with Crippen molar-refractivity contribution in [2.24, 2.45) is 29.1 Å². The fraction of sp³-hybridized carbons (Fsp3) is 0.581. The SMILES string of the molecule is COc1cccc2[nH]c(C(=O)NC(C(=O)N3C[C@H]4[C@@H]([C@H]3C(=O)N[C@@H](C[C@@H]3CCNC3=O)C(=O)CO)C4(C)C)C3CC3)cc12. The molecule has 1 aromatic heterocycles. The number of H-pyrrole nitrogens is 1. The van der Waals surface area contributed by atoms with Crippen LogP contribution in [0.3, 0.4) is 0 Å². The summed E-state index contributed by atoms with van der Waals surface area (Å²) in [6, 6.07) is 4.51. The number of amides is 4. The van der Waals surface area contributed by atoms with Gasteiger partial charge in [-0.25, -0.2) is 0 Å². The van der Waals surface area contributed by atoms with Crippen LogP contribution in [0.15, 0.2) is 24.3 Å². The third kappa shape index (κ3) is 5.26. The van der Waals surface area contributed by atoms with Crippen LogP contribution in [-0.4, -0.2) is 89.3 Å². The van der Waals surface area contributed by atoms with Crippen molar-refractivity contribution in [2.75, 3.05) is 26.8 Å². The van der Waals surface area contributed by atoms with Crippen LogP contribution in [0.1, 0.15) is 50.0 Å². The summed E-state index contributed by atoms with van der Waals surface area (Å²) in [6.07, 6.45) is 2.21. The van der Waals surface area contributed by atoms with Gasteiger partial charge in [0.05, 0.1) is 13.2 Å². The lowest BCUT2D eigenvalue weighted by Crippen LogP contribution is -2.58. The lowest BCUT2D eigenvalue weighted by molar-refractivity contribution is -0.143. The van der Waals surface area contributed by atoms with E-state index in [0.717, 1.165) is 23.7 Å². The van der Waals surface area contributed by atoms with Gasteiger partial charge < -0.3 is 35.7 Å². The Labute approximate surface area is 249 Å². The number of aliphatic hydroxyl groups is 1. The van der Waals surface area contributed by atoms with E-state index in [-0.39, 0.29) is 41.4 Å². The molecule has 2 aliphatic heterocycles. The maximum absolute atomic E-state index is 14.1. The molecule has 4 amide bonds. The summed E-state index contributed by atoms with van der Waals surface area (Å²) < 4.78 is 5.41. The molecule has 43 heavy (non-hydrogen) atoms. The number of carbonyl (C=O) groups excluding carboxylic acids is 5. The van der Waals surface area contributed by atoms with E-state index in [0.29, 0.717) is 31.0 Å². The van der Waals surface area contributed by atoms with Crippen LogP contribution in [0.25, 0.3) is 10.9 Å². The van der Waals surface area contributed by atoms with Crippen LogP contribution in [0.2, 0.25) is 0 Å². The zero-order valence-corrected chi connectivity index (χ0v) is 24.6. The molecule has 6 rings (SSSR count). The Bertz CT molecular complexity index is 1480. The number of carbonyl (C=O) groups is 5. The van der Waals surface area contributed by atoms with Gasteiger partial charge in [0.25, 0.3) is 5.91 Å². The van der Waals surface area contributed by atoms with Crippen molar-refractivity contribution in [1.29, 1.82) is 0 Å². The zero-order valence-electron chi connectivity index (χ0n) is 24.6. The summed E-state index contributed by atoms with van der Waals surface area (Å²) in [6.45, 7) is 4.24. The molecule has 230 valence electrons. The van der Waals surface area contributed by atoms with Gasteiger partial charge in [-0.3, -0.25) is 24.0 Å². The molecule has 0 radical (unpaired) electrons. The number of methoxy groups -OCH3 is 1. The molecule has 2 saturated heterocycles. The highest BCUT2D eigenvalue weighted by Gasteiger charge is 2.70. The quantitative estimate of drug-likeness (QED) is 0.256. The molecular weight excluding hydrogens is 554 g/mol. The molecule has 2 aromatic rings. The fourth-order valence-corrected chi connectivity index (χ4v) is 7.24. The van der Waals surface area contributed by atoms with Crippen molar-refractivity contribution in [3.8, 4) is 5.75 Å². The maximum atomic E-state index is 14.1. The first kappa shape index (κ1) is 29.2. The summed E-state index contributed by atoms with van der Waals surface area (Å²) in [5.41, 5.74) is 0.876. The number of hydrogen-bond donors (Lipinski definition) is 5. The van der Waals surface area contributed by atoms with Gasteiger partial charge in [-0.2, -0.15) is 0 Å². The number of benzene rings is 1. The van der Waals surface area contributed by atoms with Gasteiger partial charge in [0.15, 0.2) is 5.78 Å². The molecule has 0 bridgehead atoms. The first-order valence-electron chi connectivity index (χ1n) is 15.0. The molecule has 2 saturated carbocycles. The van der Waals surface area contributed by atoms with Crippen LogP contribution >= 0.6 is 0 Å². The molecular formula is C31H39N5O7. The standard InChI is InChI=1S/C31H39N5O7/c1-31(2)18-13-36(26(24(18)31)29(41)34-20(22(38)14-37)11-16-9-10-32-27(16)39)30(42)25(15-7-8-15)35-28(40)21-12-17-19(33-21)5-4-6-23(17)43-3/h4-6,12,15-16,18,20,24-26,33,37H,7-11,13-14H2,1-3H3,(H,32,39)(H,34,41)(H,35,40)/t16-,18-,20-,24-,25?,26-/m0/s1. The van der Waals surface area contributed by atoms with Crippen LogP contribution in [0.4, 0.5) is 0 Å². The Morgan fingerprint density at radius 2 is 1.93 bits per heavy atom. The monoisotopic (exact) mass is 593 g/mol. The molecule has 4 aliphatic rings. The minimum Gasteiger partial charge on any atom is -0.496 e. The predicted molar refractivity (Wildman–Crippen MR) is 155 cm³/mol. The topological polar surface area (TPSA) is 170 Å². The largest absolute Gasteiger partial charge is 0.496 e. The van der Waals surface area contributed by atoms with Gasteiger partial charge >= 0.3 is 0 Å². The Morgan fingerprint density at radius 3 is 2.58 bits per heavy atom. The van der Waals surface area contributed by atoms with Crippen molar-refractivity contribution in [1.82, 2.24) is 25.8 Å². The summed E-state index contributed by atoms with van der Waals surface area (Å²) in [5.74, 6) is -1.80. The Balaban J connectivity index is 1.21. The van der Waals surface area contributed by atoms with Crippen LogP contribution in [-0.2, 0) is 19.2 Å². The first-order chi connectivity index (χ1) is 20.5. The number of aromatic nitrogens is 1. The Kier molecular flexibility index (Phi) is 7.44. The van der Waals surface area contributed by atoms with Gasteiger partial charge in [-0.05, 0) is 67.1 Å². The number of nitrogens with one attached hydrogen (secondary N) is 4. The van der Waals surface area contributed by atoms with Gasteiger partial charge in [-0.1, -0.05) is 19.9 Å². The normalized spacial score (nSPS) is 26.8. The predicted octanol–water partition coefficient (Wildman–Crippen LogP) is 0.740. The molecule has 6 atom stereocenters. The van der Waals surface area contributed by atoms with E-state index >= 15 is 0 Å². The number of hydrogen-bond acceptors (Lipinski definition) is 7. The van der Waals surface area contributed by atoms with Crippen LogP contribution in [0.5, 0.6) is 5.75 Å². The second kappa shape index (κ2) is 11.0. The number of rotatable bonds is 11. The zero-order chi connectivity index (χ0) is 30.6. The van der Waals surface area contributed by atoms with Gasteiger partial charge in [0, 0.05) is 29.9 Å². The average Bonchev–Trinajstić information content (AvgIpc) is 3.65. The molecule has 12 heteroatoms. The molecule has 1 aromatic carbocycles. The highest BCUT2D eigenvalue weighted by molar-refractivity contribution is 6.02. The molecule has 5 N–H and O–H groups in total. The van der Waals surface area contributed by atoms with Crippen molar-refractivity contribution >= 4 is 40.3 Å². The smallest absolute Gasteiger partial charge is 0.268 e. The van der Waals surface area contributed by atoms with E-state index in [9.17, 15) is 29.1 Å². The van der Waals surface area contributed by atoms with E-state index in [1.807, 2.05) is 12.1 Å². The summed E-state index contributed by atoms with van der Waals surface area (Å²) in [5, 5.41) is 18.8. The number of nitrogens with zero attached hydrogens (tertiary/aromatic N) is 1.